The Balaban J connectivity index is 0.000000243. The Bertz CT molecular complexity index is 749. The Morgan fingerprint density at radius 1 is 1.00 bits per heavy atom. The summed E-state index contributed by atoms with van der Waals surface area (Å²) in [6, 6.07) is 7.94. The van der Waals surface area contributed by atoms with E-state index in [1.807, 2.05) is 30.9 Å². The van der Waals surface area contributed by atoms with Crippen molar-refractivity contribution in [2.45, 2.75) is 32.6 Å². The second-order valence-corrected chi connectivity index (χ2v) is 8.42. The first-order valence-corrected chi connectivity index (χ1v) is 9.38. The van der Waals surface area contributed by atoms with Crippen LogP contribution in [0.25, 0.3) is 0 Å². The number of pyridine rings is 2. The van der Waals surface area contributed by atoms with E-state index in [9.17, 15) is 13.0 Å². The smallest absolute Gasteiger partial charge is 0.171 e. The van der Waals surface area contributed by atoms with E-state index in [-0.39, 0.29) is 17.6 Å². The molecule has 0 N–H and O–H groups in total. The van der Waals surface area contributed by atoms with Crippen LogP contribution < -0.4 is 9.13 Å². The third-order valence-electron chi connectivity index (χ3n) is 3.49. The Hall–Kier alpha value is -1.79. The molecule has 0 unspecified atom stereocenters. The van der Waals surface area contributed by atoms with Gasteiger partial charge in [-0.25, -0.2) is 17.6 Å². The lowest BCUT2D eigenvalue weighted by atomic mass is 9.88. The highest BCUT2D eigenvalue weighted by atomic mass is 32.2. The lowest BCUT2D eigenvalue weighted by Crippen LogP contribution is -2.27. The molecule has 0 bridgehead atoms. The van der Waals surface area contributed by atoms with Gasteiger partial charge in [0.25, 0.3) is 0 Å². The van der Waals surface area contributed by atoms with Gasteiger partial charge in [0.05, 0.1) is 10.1 Å². The van der Waals surface area contributed by atoms with Crippen LogP contribution in [0.1, 0.15) is 31.9 Å². The van der Waals surface area contributed by atoms with Crippen molar-refractivity contribution in [3.63, 3.8) is 0 Å². The highest BCUT2D eigenvalue weighted by Crippen LogP contribution is 2.19. The van der Waals surface area contributed by atoms with E-state index in [0.29, 0.717) is 0 Å². The highest BCUT2D eigenvalue weighted by molar-refractivity contribution is 7.85. The van der Waals surface area contributed by atoms with E-state index in [4.69, 9.17) is 0 Å². The molecule has 2 rings (SSSR count). The summed E-state index contributed by atoms with van der Waals surface area (Å²) in [5, 5.41) is 0. The standard InChI is InChI=1S/C10H16N.C8H11NO3S/c1-10(2,3)9-5-7-11(4)8-6-9;1-9-5-2-3-8(7-9)4-6-13(10,11)12/h5-8H,1-4H3;2-3,5,7H,4,6H2,1H3/q+1;. The van der Waals surface area contributed by atoms with Crippen LogP contribution in [0.5, 0.6) is 0 Å². The summed E-state index contributed by atoms with van der Waals surface area (Å²) in [5.74, 6) is -0.336. The minimum atomic E-state index is -4.09. The van der Waals surface area contributed by atoms with Crippen molar-refractivity contribution in [2.24, 2.45) is 14.1 Å². The molecule has 0 amide bonds. The van der Waals surface area contributed by atoms with Crippen LogP contribution in [0, 0.1) is 0 Å². The molecule has 2 aromatic rings. The molecule has 0 saturated carbocycles. The van der Waals surface area contributed by atoms with Crippen LogP contribution >= 0.6 is 0 Å². The van der Waals surface area contributed by atoms with Gasteiger partial charge in [-0.2, -0.15) is 0 Å². The van der Waals surface area contributed by atoms with E-state index < -0.39 is 10.1 Å². The average molecular weight is 351 g/mol. The number of aryl methyl sites for hydroxylation is 3. The fourth-order valence-electron chi connectivity index (χ4n) is 2.04. The van der Waals surface area contributed by atoms with Gasteiger partial charge in [-0.05, 0) is 23.5 Å². The molecule has 0 aromatic carbocycles. The van der Waals surface area contributed by atoms with Gasteiger partial charge in [-0.3, -0.25) is 0 Å². The molecule has 24 heavy (non-hydrogen) atoms. The summed E-state index contributed by atoms with van der Waals surface area (Å²) < 4.78 is 34.8. The largest absolute Gasteiger partial charge is 0.748 e. The highest BCUT2D eigenvalue weighted by Gasteiger charge is 2.13. The maximum absolute atomic E-state index is 10.3. The quantitative estimate of drug-likeness (QED) is 0.620. The molecule has 132 valence electrons. The molecule has 0 atom stereocenters. The van der Waals surface area contributed by atoms with Gasteiger partial charge in [0, 0.05) is 29.5 Å². The molecular formula is C18H27N2O3S+. The second-order valence-electron chi connectivity index (χ2n) is 6.89. The van der Waals surface area contributed by atoms with Crippen molar-refractivity contribution in [1.29, 1.82) is 0 Å². The number of nitrogens with zero attached hydrogens (tertiary/aromatic N) is 2. The minimum absolute atomic E-state index is 0.272. The Morgan fingerprint density at radius 3 is 2.04 bits per heavy atom. The molecule has 0 aliphatic carbocycles. The summed E-state index contributed by atoms with van der Waals surface area (Å²) in [4.78, 5) is 0. The third kappa shape index (κ3) is 8.17. The maximum Gasteiger partial charge on any atom is 0.171 e. The van der Waals surface area contributed by atoms with Gasteiger partial charge >= 0.3 is 0 Å². The first-order valence-electron chi connectivity index (χ1n) is 7.81. The monoisotopic (exact) mass is 351 g/mol. The first-order chi connectivity index (χ1) is 11.0. The third-order valence-corrected chi connectivity index (χ3v) is 4.19. The Morgan fingerprint density at radius 2 is 1.58 bits per heavy atom. The number of aromatic nitrogens is 2. The van der Waals surface area contributed by atoms with Crippen molar-refractivity contribution in [3.05, 3.63) is 60.2 Å². The number of rotatable bonds is 3. The van der Waals surface area contributed by atoms with E-state index in [1.54, 1.807) is 12.3 Å². The molecule has 0 aliphatic rings. The van der Waals surface area contributed by atoms with Crippen LogP contribution in [0.3, 0.4) is 0 Å². The summed E-state index contributed by atoms with van der Waals surface area (Å²) in [6.45, 7) is 6.67. The normalized spacial score (nSPS) is 11.6. The van der Waals surface area contributed by atoms with Gasteiger partial charge < -0.3 is 4.55 Å². The van der Waals surface area contributed by atoms with Crippen molar-refractivity contribution in [3.8, 4) is 0 Å². The summed E-state index contributed by atoms with van der Waals surface area (Å²) >= 11 is 0. The fourth-order valence-corrected chi connectivity index (χ4v) is 2.53. The molecule has 0 saturated heterocycles. The van der Waals surface area contributed by atoms with E-state index in [0.717, 1.165) is 5.56 Å². The molecule has 0 radical (unpaired) electrons. The molecule has 2 heterocycles. The zero-order valence-corrected chi connectivity index (χ0v) is 15.9. The molecular weight excluding hydrogens is 324 g/mol. The topological polar surface area (TPSA) is 65.0 Å². The zero-order chi connectivity index (χ0) is 18.4. The van der Waals surface area contributed by atoms with Gasteiger partial charge in [0.15, 0.2) is 24.8 Å². The predicted molar refractivity (Wildman–Crippen MR) is 92.2 cm³/mol. The number of hydrogen-bond donors (Lipinski definition) is 0. The van der Waals surface area contributed by atoms with Gasteiger partial charge in [0.1, 0.15) is 14.1 Å². The predicted octanol–water partition coefficient (Wildman–Crippen LogP) is 1.41. The molecule has 0 fully saturated rings. The molecule has 2 aromatic heterocycles. The lowest BCUT2D eigenvalue weighted by molar-refractivity contribution is -0.671. The molecule has 0 spiro atoms. The van der Waals surface area contributed by atoms with Crippen LogP contribution in [-0.2, 0) is 36.0 Å². The van der Waals surface area contributed by atoms with Crippen LogP contribution in [-0.4, -0.2) is 18.7 Å². The lowest BCUT2D eigenvalue weighted by Gasteiger charge is -2.17. The van der Waals surface area contributed by atoms with E-state index in [2.05, 4.69) is 49.9 Å². The minimum Gasteiger partial charge on any atom is -0.748 e. The van der Waals surface area contributed by atoms with Gasteiger partial charge in [-0.15, -0.1) is 0 Å². The average Bonchev–Trinajstić information content (AvgIpc) is 2.45. The first kappa shape index (κ1) is 20.3. The second kappa shape index (κ2) is 8.35. The molecule has 0 aliphatic heterocycles. The van der Waals surface area contributed by atoms with Crippen LogP contribution in [0.4, 0.5) is 0 Å². The van der Waals surface area contributed by atoms with Crippen molar-refractivity contribution in [1.82, 2.24) is 0 Å². The number of hydrogen-bond acceptors (Lipinski definition) is 3. The van der Waals surface area contributed by atoms with Crippen molar-refractivity contribution < 1.29 is 22.1 Å². The maximum atomic E-state index is 10.3. The van der Waals surface area contributed by atoms with Crippen LogP contribution in [0.15, 0.2) is 49.1 Å². The van der Waals surface area contributed by atoms with E-state index in [1.165, 1.54) is 5.56 Å². The molecule has 6 heteroatoms. The molecule has 5 nitrogen and oxygen atoms in total. The van der Waals surface area contributed by atoms with Crippen LogP contribution in [0.2, 0.25) is 0 Å². The van der Waals surface area contributed by atoms with E-state index >= 15 is 0 Å². The van der Waals surface area contributed by atoms with Gasteiger partial charge in [-0.1, -0.05) is 20.8 Å². The van der Waals surface area contributed by atoms with Crippen molar-refractivity contribution >= 4 is 10.1 Å². The summed E-state index contributed by atoms with van der Waals surface area (Å²) in [6.07, 6.45) is 8.09. The SMILES string of the molecule is C[n+]1ccc(C(C)(C)C)cc1.C[n+]1cccc(CCS(=O)(=O)[O-])c1. The summed E-state index contributed by atoms with van der Waals surface area (Å²) in [5.41, 5.74) is 2.51. The Labute approximate surface area is 145 Å². The Kier molecular flexibility index (Phi) is 7.05. The fraction of sp³-hybridized carbons (Fsp3) is 0.444. The zero-order valence-electron chi connectivity index (χ0n) is 15.1. The summed E-state index contributed by atoms with van der Waals surface area (Å²) in [7, 11) is -0.218. The van der Waals surface area contributed by atoms with Crippen molar-refractivity contribution in [2.75, 3.05) is 5.75 Å². The van der Waals surface area contributed by atoms with Gasteiger partial charge in [0.2, 0.25) is 0 Å².